The molecular formula is C18H13N3O6S. The number of carbonyl (C=O) groups excluding carboxylic acids is 2. The van der Waals surface area contributed by atoms with Gasteiger partial charge in [0.2, 0.25) is 5.76 Å². The fraction of sp³-hybridized carbons (Fsp3) is 0.167. The lowest BCUT2D eigenvalue weighted by atomic mass is 10.2. The highest BCUT2D eigenvalue weighted by molar-refractivity contribution is 7.16. The number of fused-ring (bicyclic) bond motifs is 1. The van der Waals surface area contributed by atoms with Crippen molar-refractivity contribution in [3.05, 3.63) is 56.6 Å². The summed E-state index contributed by atoms with van der Waals surface area (Å²) in [5.41, 5.74) is 1.05. The third-order valence-electron chi connectivity index (χ3n) is 3.62. The zero-order valence-electron chi connectivity index (χ0n) is 14.6. The molecule has 3 rings (SSSR count). The lowest BCUT2D eigenvalue weighted by Crippen LogP contribution is -2.16. The van der Waals surface area contributed by atoms with E-state index < -0.39 is 22.7 Å². The molecule has 0 unspecified atom stereocenters. The molecule has 0 saturated heterocycles. The van der Waals surface area contributed by atoms with Crippen molar-refractivity contribution in [2.24, 2.45) is 4.99 Å². The largest absolute Gasteiger partial charge is 0.462 e. The Morgan fingerprint density at radius 3 is 2.82 bits per heavy atom. The number of hydrogen-bond acceptors (Lipinski definition) is 7. The quantitative estimate of drug-likeness (QED) is 0.282. The summed E-state index contributed by atoms with van der Waals surface area (Å²) in [6.07, 6.45) is 5.42. The van der Waals surface area contributed by atoms with E-state index in [9.17, 15) is 19.7 Å². The highest BCUT2D eigenvalue weighted by Crippen LogP contribution is 2.21. The molecule has 0 fully saturated rings. The molecule has 2 aromatic heterocycles. The van der Waals surface area contributed by atoms with Crippen LogP contribution in [0.2, 0.25) is 0 Å². The van der Waals surface area contributed by atoms with Crippen LogP contribution in [0, 0.1) is 22.5 Å². The van der Waals surface area contributed by atoms with Gasteiger partial charge >= 0.3 is 17.8 Å². The highest BCUT2D eigenvalue weighted by atomic mass is 32.1. The van der Waals surface area contributed by atoms with Crippen molar-refractivity contribution in [2.45, 2.75) is 13.5 Å². The van der Waals surface area contributed by atoms with Gasteiger partial charge in [0.15, 0.2) is 4.80 Å². The van der Waals surface area contributed by atoms with E-state index in [1.807, 2.05) is 0 Å². The summed E-state index contributed by atoms with van der Waals surface area (Å²) in [7, 11) is 0. The van der Waals surface area contributed by atoms with E-state index in [1.54, 1.807) is 29.7 Å². The van der Waals surface area contributed by atoms with Gasteiger partial charge in [0, 0.05) is 0 Å². The zero-order valence-corrected chi connectivity index (χ0v) is 15.4. The first-order valence-corrected chi connectivity index (χ1v) is 8.83. The van der Waals surface area contributed by atoms with E-state index in [4.69, 9.17) is 15.6 Å². The van der Waals surface area contributed by atoms with Crippen LogP contribution < -0.4 is 4.80 Å². The summed E-state index contributed by atoms with van der Waals surface area (Å²) < 4.78 is 12.2. The third kappa shape index (κ3) is 3.70. The number of amides is 1. The SMILES string of the molecule is C#CCn1c(=NC(=O)c2ccc([N+](=O)[O-])o2)sc2cc(C(=O)OCC)ccc21. The minimum Gasteiger partial charge on any atom is -0.462 e. The second kappa shape index (κ2) is 7.89. The molecule has 3 aromatic rings. The number of furan rings is 1. The topological polar surface area (TPSA) is 117 Å². The minimum absolute atomic E-state index is 0.142. The fourth-order valence-electron chi connectivity index (χ4n) is 2.43. The molecule has 9 nitrogen and oxygen atoms in total. The number of hydrogen-bond donors (Lipinski definition) is 0. The van der Waals surface area contributed by atoms with Crippen LogP contribution in [0.5, 0.6) is 0 Å². The number of rotatable bonds is 5. The van der Waals surface area contributed by atoms with Gasteiger partial charge in [-0.1, -0.05) is 17.3 Å². The van der Waals surface area contributed by atoms with Crippen LogP contribution in [-0.2, 0) is 11.3 Å². The fourth-order valence-corrected chi connectivity index (χ4v) is 3.49. The molecule has 0 aliphatic rings. The Hall–Kier alpha value is -3.71. The van der Waals surface area contributed by atoms with Crippen molar-refractivity contribution in [1.29, 1.82) is 0 Å². The average Bonchev–Trinajstić information content (AvgIpc) is 3.28. The summed E-state index contributed by atoms with van der Waals surface area (Å²) >= 11 is 1.15. The van der Waals surface area contributed by atoms with E-state index in [-0.39, 0.29) is 23.7 Å². The highest BCUT2D eigenvalue weighted by Gasteiger charge is 2.18. The van der Waals surface area contributed by atoms with Crippen LogP contribution in [0.3, 0.4) is 0 Å². The standard InChI is InChI=1S/C18H13N3O6S/c1-3-9-20-12-6-5-11(17(23)26-4-2)10-14(12)28-18(20)19-16(22)13-7-8-15(27-13)21(24)25/h1,5-8,10H,4,9H2,2H3. The first-order chi connectivity index (χ1) is 13.4. The van der Waals surface area contributed by atoms with E-state index in [0.29, 0.717) is 15.8 Å². The first kappa shape index (κ1) is 19.1. The van der Waals surface area contributed by atoms with E-state index in [1.165, 1.54) is 6.07 Å². The second-order valence-corrected chi connectivity index (χ2v) is 6.40. The van der Waals surface area contributed by atoms with Gasteiger partial charge in [-0.3, -0.25) is 14.9 Å². The Labute approximate surface area is 162 Å². The third-order valence-corrected chi connectivity index (χ3v) is 4.66. The zero-order chi connectivity index (χ0) is 20.3. The number of thiazole rings is 1. The Kier molecular flexibility index (Phi) is 5.37. The number of carbonyl (C=O) groups is 2. The Balaban J connectivity index is 2.07. The number of aromatic nitrogens is 1. The maximum absolute atomic E-state index is 12.3. The number of nitrogens with zero attached hydrogens (tertiary/aromatic N) is 3. The number of ether oxygens (including phenoxy) is 1. The summed E-state index contributed by atoms with van der Waals surface area (Å²) in [6, 6.07) is 7.18. The van der Waals surface area contributed by atoms with Crippen molar-refractivity contribution in [1.82, 2.24) is 4.57 Å². The molecule has 1 aromatic carbocycles. The van der Waals surface area contributed by atoms with E-state index in [0.717, 1.165) is 17.4 Å². The second-order valence-electron chi connectivity index (χ2n) is 5.39. The van der Waals surface area contributed by atoms with Gasteiger partial charge in [0.05, 0.1) is 35.0 Å². The van der Waals surface area contributed by atoms with Crippen molar-refractivity contribution in [3.8, 4) is 12.3 Å². The Bertz CT molecular complexity index is 1190. The number of esters is 1. The van der Waals surface area contributed by atoms with Crippen LogP contribution >= 0.6 is 11.3 Å². The van der Waals surface area contributed by atoms with Crippen molar-refractivity contribution >= 4 is 39.3 Å². The molecule has 10 heteroatoms. The maximum Gasteiger partial charge on any atom is 0.433 e. The van der Waals surface area contributed by atoms with Crippen LogP contribution in [0.1, 0.15) is 27.8 Å². The molecule has 0 atom stereocenters. The normalized spacial score (nSPS) is 11.4. The van der Waals surface area contributed by atoms with Crippen LogP contribution in [0.15, 0.2) is 39.7 Å². The summed E-state index contributed by atoms with van der Waals surface area (Å²) in [4.78, 5) is 38.5. The predicted octanol–water partition coefficient (Wildman–Crippen LogP) is 2.76. The van der Waals surface area contributed by atoms with Crippen LogP contribution in [-0.4, -0.2) is 28.0 Å². The number of benzene rings is 1. The van der Waals surface area contributed by atoms with Crippen LogP contribution in [0.25, 0.3) is 10.2 Å². The molecule has 0 N–H and O–H groups in total. The molecule has 0 aliphatic carbocycles. The van der Waals surface area contributed by atoms with Crippen molar-refractivity contribution < 1.29 is 23.7 Å². The van der Waals surface area contributed by atoms with Crippen LogP contribution in [0.4, 0.5) is 5.88 Å². The van der Waals surface area contributed by atoms with Crippen molar-refractivity contribution in [2.75, 3.05) is 6.61 Å². The monoisotopic (exact) mass is 399 g/mol. The van der Waals surface area contributed by atoms with Gasteiger partial charge in [-0.05, 0) is 31.2 Å². The van der Waals surface area contributed by atoms with E-state index >= 15 is 0 Å². The van der Waals surface area contributed by atoms with Gasteiger partial charge in [-0.25, -0.2) is 4.79 Å². The summed E-state index contributed by atoms with van der Waals surface area (Å²) in [6.45, 7) is 2.11. The van der Waals surface area contributed by atoms with Gasteiger partial charge < -0.3 is 13.7 Å². The predicted molar refractivity (Wildman–Crippen MR) is 99.9 cm³/mol. The number of nitro groups is 1. The molecule has 0 bridgehead atoms. The minimum atomic E-state index is -0.781. The molecule has 0 aliphatic heterocycles. The molecule has 0 saturated carbocycles. The maximum atomic E-state index is 12.3. The molecule has 0 spiro atoms. The molecular weight excluding hydrogens is 386 g/mol. The Morgan fingerprint density at radius 2 is 2.18 bits per heavy atom. The van der Waals surface area contributed by atoms with Gasteiger partial charge in [0.25, 0.3) is 0 Å². The smallest absolute Gasteiger partial charge is 0.433 e. The van der Waals surface area contributed by atoms with E-state index in [2.05, 4.69) is 10.9 Å². The molecule has 0 radical (unpaired) electrons. The summed E-state index contributed by atoms with van der Waals surface area (Å²) in [5.74, 6) is 0.434. The van der Waals surface area contributed by atoms with Gasteiger partial charge in [-0.15, -0.1) is 6.42 Å². The van der Waals surface area contributed by atoms with Gasteiger partial charge in [0.1, 0.15) is 4.92 Å². The Morgan fingerprint density at radius 1 is 1.39 bits per heavy atom. The lowest BCUT2D eigenvalue weighted by Gasteiger charge is -2.03. The number of terminal acetylenes is 1. The summed E-state index contributed by atoms with van der Waals surface area (Å²) in [5, 5.41) is 10.7. The van der Waals surface area contributed by atoms with Crippen molar-refractivity contribution in [3.63, 3.8) is 0 Å². The lowest BCUT2D eigenvalue weighted by molar-refractivity contribution is -0.402. The molecule has 142 valence electrons. The first-order valence-electron chi connectivity index (χ1n) is 8.02. The molecule has 2 heterocycles. The van der Waals surface area contributed by atoms with Gasteiger partial charge in [-0.2, -0.15) is 4.99 Å². The average molecular weight is 399 g/mol. The molecule has 1 amide bonds. The molecule has 28 heavy (non-hydrogen) atoms.